The van der Waals surface area contributed by atoms with E-state index in [1.165, 1.54) is 37.4 Å². The largest absolute Gasteiger partial charge is 0.326 e. The van der Waals surface area contributed by atoms with Gasteiger partial charge in [-0.3, -0.25) is 4.90 Å². The molecule has 2 nitrogen and oxygen atoms in total. The molecule has 4 unspecified atom stereocenters. The first-order valence-electron chi connectivity index (χ1n) is 5.42. The van der Waals surface area contributed by atoms with Crippen molar-refractivity contribution in [2.75, 3.05) is 24.6 Å². The van der Waals surface area contributed by atoms with Gasteiger partial charge >= 0.3 is 0 Å². The quantitative estimate of drug-likeness (QED) is 0.711. The Morgan fingerprint density at radius 1 is 1.46 bits per heavy atom. The van der Waals surface area contributed by atoms with Crippen LogP contribution in [0.5, 0.6) is 0 Å². The molecule has 0 aromatic heterocycles. The molecule has 0 spiro atoms. The molecule has 0 aromatic rings. The van der Waals surface area contributed by atoms with Gasteiger partial charge in [0.15, 0.2) is 0 Å². The van der Waals surface area contributed by atoms with Crippen LogP contribution in [0.15, 0.2) is 0 Å². The highest BCUT2D eigenvalue weighted by molar-refractivity contribution is 7.99. The predicted molar refractivity (Wildman–Crippen MR) is 56.9 cm³/mol. The molecular weight excluding hydrogens is 180 g/mol. The van der Waals surface area contributed by atoms with Gasteiger partial charge in [0, 0.05) is 25.2 Å². The van der Waals surface area contributed by atoms with Gasteiger partial charge in [0.25, 0.3) is 0 Å². The van der Waals surface area contributed by atoms with Gasteiger partial charge in [-0.25, -0.2) is 0 Å². The highest BCUT2D eigenvalue weighted by atomic mass is 32.2. The van der Waals surface area contributed by atoms with Gasteiger partial charge in [-0.2, -0.15) is 11.8 Å². The van der Waals surface area contributed by atoms with Crippen LogP contribution < -0.4 is 5.73 Å². The van der Waals surface area contributed by atoms with E-state index in [9.17, 15) is 0 Å². The van der Waals surface area contributed by atoms with E-state index >= 15 is 0 Å². The number of nitrogens with zero attached hydrogens (tertiary/aromatic N) is 1. The Hall–Kier alpha value is 0.270. The summed E-state index contributed by atoms with van der Waals surface area (Å²) in [5.74, 6) is 4.59. The van der Waals surface area contributed by atoms with E-state index in [1.807, 2.05) is 0 Å². The van der Waals surface area contributed by atoms with Crippen LogP contribution in [-0.2, 0) is 0 Å². The number of hydrogen-bond acceptors (Lipinski definition) is 3. The maximum absolute atomic E-state index is 6.05. The van der Waals surface area contributed by atoms with E-state index in [2.05, 4.69) is 16.7 Å². The van der Waals surface area contributed by atoms with Crippen molar-refractivity contribution in [2.45, 2.75) is 24.9 Å². The molecule has 3 saturated heterocycles. The van der Waals surface area contributed by atoms with Crippen molar-refractivity contribution >= 4 is 11.8 Å². The summed E-state index contributed by atoms with van der Waals surface area (Å²) in [5, 5.41) is 0. The summed E-state index contributed by atoms with van der Waals surface area (Å²) in [6, 6.07) is 1.28. The second-order valence-corrected chi connectivity index (χ2v) is 5.97. The molecule has 0 radical (unpaired) electrons. The van der Waals surface area contributed by atoms with Crippen LogP contribution in [0, 0.1) is 11.8 Å². The fraction of sp³-hybridized carbons (Fsp3) is 1.00. The molecule has 13 heavy (non-hydrogen) atoms. The van der Waals surface area contributed by atoms with Crippen molar-refractivity contribution in [1.29, 1.82) is 0 Å². The Bertz CT molecular complexity index is 203. The average molecular weight is 198 g/mol. The Labute approximate surface area is 84.2 Å². The standard InChI is InChI=1S/C10H18N2S/c11-10-8-3-9(10)12(5-8)4-7-1-2-13-6-7/h7-10H,1-6,11H2. The third-order valence-corrected chi connectivity index (χ3v) is 5.22. The minimum atomic E-state index is 0.522. The highest BCUT2D eigenvalue weighted by Crippen LogP contribution is 2.40. The van der Waals surface area contributed by atoms with E-state index in [1.54, 1.807) is 0 Å². The first-order valence-corrected chi connectivity index (χ1v) is 6.57. The first kappa shape index (κ1) is 8.57. The number of nitrogens with two attached hydrogens (primary N) is 1. The topological polar surface area (TPSA) is 29.3 Å². The zero-order valence-corrected chi connectivity index (χ0v) is 8.80. The van der Waals surface area contributed by atoms with Gasteiger partial charge in [-0.1, -0.05) is 0 Å². The van der Waals surface area contributed by atoms with Gasteiger partial charge in [0.2, 0.25) is 0 Å². The molecule has 1 aliphatic carbocycles. The van der Waals surface area contributed by atoms with Crippen LogP contribution in [-0.4, -0.2) is 41.6 Å². The Balaban J connectivity index is 1.56. The second kappa shape index (κ2) is 3.14. The van der Waals surface area contributed by atoms with Crippen LogP contribution in [0.2, 0.25) is 0 Å². The maximum atomic E-state index is 6.05. The monoisotopic (exact) mass is 198 g/mol. The van der Waals surface area contributed by atoms with Gasteiger partial charge in [-0.15, -0.1) is 0 Å². The summed E-state index contributed by atoms with van der Waals surface area (Å²) >= 11 is 2.12. The van der Waals surface area contributed by atoms with Gasteiger partial charge < -0.3 is 5.73 Å². The minimum absolute atomic E-state index is 0.522. The number of fused-ring (bicyclic) bond motifs is 1. The summed E-state index contributed by atoms with van der Waals surface area (Å²) in [6.07, 6.45) is 2.83. The molecule has 74 valence electrons. The zero-order chi connectivity index (χ0) is 8.84. The summed E-state index contributed by atoms with van der Waals surface area (Å²) in [5.41, 5.74) is 6.05. The van der Waals surface area contributed by atoms with E-state index in [0.29, 0.717) is 6.04 Å². The Kier molecular flexibility index (Phi) is 2.07. The summed E-state index contributed by atoms with van der Waals surface area (Å²) < 4.78 is 0. The lowest BCUT2D eigenvalue weighted by Crippen LogP contribution is -2.50. The molecule has 4 aliphatic rings. The molecule has 4 atom stereocenters. The average Bonchev–Trinajstić information content (AvgIpc) is 2.78. The molecule has 3 heteroatoms. The third kappa shape index (κ3) is 1.32. The summed E-state index contributed by atoms with van der Waals surface area (Å²) in [6.45, 7) is 2.63. The van der Waals surface area contributed by atoms with Crippen molar-refractivity contribution in [2.24, 2.45) is 17.6 Å². The number of thioether (sulfide) groups is 1. The Morgan fingerprint density at radius 3 is 2.92 bits per heavy atom. The molecule has 1 saturated carbocycles. The van der Waals surface area contributed by atoms with E-state index in [0.717, 1.165) is 17.9 Å². The van der Waals surface area contributed by atoms with Crippen LogP contribution in [0.3, 0.4) is 0 Å². The predicted octanol–water partition coefficient (Wildman–Crippen LogP) is 0.771. The molecule has 2 bridgehead atoms. The molecule has 4 fully saturated rings. The molecule has 3 aliphatic heterocycles. The van der Waals surface area contributed by atoms with Crippen molar-refractivity contribution in [3.05, 3.63) is 0 Å². The fourth-order valence-electron chi connectivity index (χ4n) is 3.04. The van der Waals surface area contributed by atoms with E-state index in [4.69, 9.17) is 5.73 Å². The second-order valence-electron chi connectivity index (χ2n) is 4.82. The summed E-state index contributed by atoms with van der Waals surface area (Å²) in [4.78, 5) is 2.66. The lowest BCUT2D eigenvalue weighted by atomic mass is 9.81. The highest BCUT2D eigenvalue weighted by Gasteiger charge is 2.49. The fourth-order valence-corrected chi connectivity index (χ4v) is 4.31. The summed E-state index contributed by atoms with van der Waals surface area (Å²) in [7, 11) is 0. The molecule has 0 amide bonds. The van der Waals surface area contributed by atoms with Gasteiger partial charge in [0.05, 0.1) is 0 Å². The number of hydrogen-bond donors (Lipinski definition) is 1. The first-order chi connectivity index (χ1) is 6.34. The van der Waals surface area contributed by atoms with Crippen LogP contribution in [0.4, 0.5) is 0 Å². The van der Waals surface area contributed by atoms with E-state index < -0.39 is 0 Å². The van der Waals surface area contributed by atoms with Crippen molar-refractivity contribution in [3.8, 4) is 0 Å². The van der Waals surface area contributed by atoms with Crippen molar-refractivity contribution in [3.63, 3.8) is 0 Å². The smallest absolute Gasteiger partial charge is 0.0254 e. The third-order valence-electron chi connectivity index (χ3n) is 3.99. The van der Waals surface area contributed by atoms with Crippen LogP contribution >= 0.6 is 11.8 Å². The van der Waals surface area contributed by atoms with Crippen molar-refractivity contribution in [1.82, 2.24) is 4.90 Å². The van der Waals surface area contributed by atoms with Gasteiger partial charge in [0.1, 0.15) is 0 Å². The SMILES string of the molecule is NC1C2CC1N(CC1CCSC1)C2. The molecule has 4 rings (SSSR count). The lowest BCUT2D eigenvalue weighted by Gasteiger charge is -2.34. The maximum Gasteiger partial charge on any atom is 0.0254 e. The number of rotatable bonds is 2. The van der Waals surface area contributed by atoms with Crippen molar-refractivity contribution < 1.29 is 0 Å². The normalized spacial score (nSPS) is 49.6. The molecular formula is C10H18N2S. The molecule has 3 heterocycles. The molecule has 2 N–H and O–H groups in total. The lowest BCUT2D eigenvalue weighted by molar-refractivity contribution is 0.196. The molecule has 0 aromatic carbocycles. The zero-order valence-electron chi connectivity index (χ0n) is 7.98. The van der Waals surface area contributed by atoms with Crippen LogP contribution in [0.25, 0.3) is 0 Å². The van der Waals surface area contributed by atoms with E-state index in [-0.39, 0.29) is 0 Å². The minimum Gasteiger partial charge on any atom is -0.326 e. The Morgan fingerprint density at radius 2 is 2.38 bits per heavy atom. The van der Waals surface area contributed by atoms with Crippen LogP contribution in [0.1, 0.15) is 12.8 Å². The van der Waals surface area contributed by atoms with Gasteiger partial charge in [-0.05, 0) is 36.2 Å².